The molecular formula is C28H36N6O2. The minimum Gasteiger partial charge on any atom is -0.356 e. The van der Waals surface area contributed by atoms with E-state index in [1.165, 1.54) is 32.1 Å². The van der Waals surface area contributed by atoms with E-state index in [1.807, 2.05) is 24.3 Å². The number of carbonyl (C=O) groups is 2. The van der Waals surface area contributed by atoms with Gasteiger partial charge in [0.05, 0.1) is 0 Å². The summed E-state index contributed by atoms with van der Waals surface area (Å²) in [6, 6.07) is 9.35. The van der Waals surface area contributed by atoms with Crippen LogP contribution >= 0.6 is 0 Å². The van der Waals surface area contributed by atoms with Gasteiger partial charge in [0.1, 0.15) is 5.69 Å². The summed E-state index contributed by atoms with van der Waals surface area (Å²) >= 11 is 0. The minimum absolute atomic E-state index is 0.137. The zero-order valence-electron chi connectivity index (χ0n) is 20.8. The van der Waals surface area contributed by atoms with Gasteiger partial charge in [0.15, 0.2) is 5.96 Å². The van der Waals surface area contributed by atoms with Crippen molar-refractivity contribution >= 4 is 29.1 Å². The SMILES string of the molecule is O=C(N=C1NCCCN1)c1ccc(Nc2ccnc(C(=O)NCCC3CCCCC3)c2)c(C2CC2)c1. The van der Waals surface area contributed by atoms with Crippen LogP contribution < -0.4 is 21.3 Å². The molecular weight excluding hydrogens is 452 g/mol. The molecule has 2 heterocycles. The van der Waals surface area contributed by atoms with Crippen LogP contribution in [0, 0.1) is 5.92 Å². The summed E-state index contributed by atoms with van der Waals surface area (Å²) in [7, 11) is 0. The largest absolute Gasteiger partial charge is 0.356 e. The Morgan fingerprint density at radius 1 is 0.972 bits per heavy atom. The van der Waals surface area contributed by atoms with Crippen LogP contribution in [0.1, 0.15) is 90.1 Å². The third kappa shape index (κ3) is 6.42. The Kier molecular flexibility index (Phi) is 7.79. The van der Waals surface area contributed by atoms with Crippen molar-refractivity contribution in [3.63, 3.8) is 0 Å². The van der Waals surface area contributed by atoms with Gasteiger partial charge in [-0.3, -0.25) is 14.6 Å². The van der Waals surface area contributed by atoms with Gasteiger partial charge in [0.2, 0.25) is 0 Å². The molecule has 8 nitrogen and oxygen atoms in total. The van der Waals surface area contributed by atoms with E-state index in [1.54, 1.807) is 12.3 Å². The Morgan fingerprint density at radius 3 is 2.56 bits per heavy atom. The summed E-state index contributed by atoms with van der Waals surface area (Å²) in [5.74, 6) is 1.32. The highest BCUT2D eigenvalue weighted by atomic mass is 16.2. The van der Waals surface area contributed by atoms with Crippen LogP contribution in [0.3, 0.4) is 0 Å². The highest BCUT2D eigenvalue weighted by Gasteiger charge is 2.27. The summed E-state index contributed by atoms with van der Waals surface area (Å²) < 4.78 is 0. The number of rotatable bonds is 8. The fraction of sp³-hybridized carbons (Fsp3) is 0.500. The molecule has 0 unspecified atom stereocenters. The molecule has 2 aromatic rings. The minimum atomic E-state index is -0.253. The fourth-order valence-electron chi connectivity index (χ4n) is 5.10. The molecule has 4 N–H and O–H groups in total. The van der Waals surface area contributed by atoms with Gasteiger partial charge in [-0.1, -0.05) is 32.1 Å². The Morgan fingerprint density at radius 2 is 1.78 bits per heavy atom. The van der Waals surface area contributed by atoms with Crippen LogP contribution in [-0.4, -0.2) is 42.4 Å². The Hall–Kier alpha value is -3.42. The number of guanidine groups is 1. The molecule has 5 rings (SSSR count). The van der Waals surface area contributed by atoms with E-state index in [9.17, 15) is 9.59 Å². The predicted octanol–water partition coefficient (Wildman–Crippen LogP) is 4.48. The average Bonchev–Trinajstić information content (AvgIpc) is 3.76. The van der Waals surface area contributed by atoms with Crippen LogP contribution in [0.5, 0.6) is 0 Å². The van der Waals surface area contributed by atoms with E-state index in [4.69, 9.17) is 0 Å². The quantitative estimate of drug-likeness (QED) is 0.436. The van der Waals surface area contributed by atoms with Crippen molar-refractivity contribution in [2.45, 2.75) is 63.7 Å². The summed E-state index contributed by atoms with van der Waals surface area (Å²) in [4.78, 5) is 33.9. The number of hydrogen-bond donors (Lipinski definition) is 4. The molecule has 1 saturated heterocycles. The lowest BCUT2D eigenvalue weighted by atomic mass is 9.87. The van der Waals surface area contributed by atoms with Gasteiger partial charge in [-0.05, 0) is 73.4 Å². The van der Waals surface area contributed by atoms with Crippen molar-refractivity contribution in [2.75, 3.05) is 25.0 Å². The molecule has 1 aromatic heterocycles. The molecule has 3 fully saturated rings. The number of nitrogens with one attached hydrogen (secondary N) is 4. The van der Waals surface area contributed by atoms with Gasteiger partial charge >= 0.3 is 0 Å². The number of pyridine rings is 1. The van der Waals surface area contributed by atoms with Crippen LogP contribution in [0.15, 0.2) is 41.5 Å². The van der Waals surface area contributed by atoms with E-state index in [0.29, 0.717) is 29.7 Å². The number of nitrogens with zero attached hydrogens (tertiary/aromatic N) is 2. The number of benzene rings is 1. The normalized spacial score (nSPS) is 18.1. The third-order valence-electron chi connectivity index (χ3n) is 7.30. The Labute approximate surface area is 212 Å². The topological polar surface area (TPSA) is 108 Å². The zero-order valence-corrected chi connectivity index (χ0v) is 20.8. The number of hydrogen-bond acceptors (Lipinski definition) is 4. The first-order valence-corrected chi connectivity index (χ1v) is 13.4. The summed E-state index contributed by atoms with van der Waals surface area (Å²) in [5, 5.41) is 12.7. The van der Waals surface area contributed by atoms with Gasteiger partial charge in [0.25, 0.3) is 11.8 Å². The van der Waals surface area contributed by atoms with Crippen molar-refractivity contribution in [2.24, 2.45) is 10.9 Å². The van der Waals surface area contributed by atoms with E-state index in [2.05, 4.69) is 31.2 Å². The molecule has 0 atom stereocenters. The van der Waals surface area contributed by atoms with Gasteiger partial charge in [0, 0.05) is 42.8 Å². The van der Waals surface area contributed by atoms with Crippen molar-refractivity contribution in [1.82, 2.24) is 20.9 Å². The molecule has 1 aromatic carbocycles. The van der Waals surface area contributed by atoms with E-state index in [-0.39, 0.29) is 11.8 Å². The Balaban J connectivity index is 1.23. The lowest BCUT2D eigenvalue weighted by molar-refractivity contribution is 0.0944. The second-order valence-corrected chi connectivity index (χ2v) is 10.2. The van der Waals surface area contributed by atoms with Crippen molar-refractivity contribution < 1.29 is 9.59 Å². The van der Waals surface area contributed by atoms with E-state index >= 15 is 0 Å². The van der Waals surface area contributed by atoms with Gasteiger partial charge < -0.3 is 21.3 Å². The maximum Gasteiger partial charge on any atom is 0.280 e. The number of aliphatic imine (C=N–C) groups is 1. The second kappa shape index (κ2) is 11.5. The van der Waals surface area contributed by atoms with E-state index in [0.717, 1.165) is 61.6 Å². The molecule has 3 aliphatic rings. The molecule has 36 heavy (non-hydrogen) atoms. The lowest BCUT2D eigenvalue weighted by Gasteiger charge is -2.21. The predicted molar refractivity (Wildman–Crippen MR) is 142 cm³/mol. The highest BCUT2D eigenvalue weighted by molar-refractivity contribution is 6.03. The average molecular weight is 489 g/mol. The molecule has 0 spiro atoms. The standard InChI is InChI=1S/C28H36N6O2/c35-26(34-28-31-13-4-14-32-28)21-9-10-24(23(17-21)20-7-8-20)33-22-12-16-29-25(18-22)27(36)30-15-11-19-5-2-1-3-6-19/h9-10,12,16-20H,1-8,11,13-15H2,(H,29,33)(H,30,36)(H2,31,32,34,35). The highest BCUT2D eigenvalue weighted by Crippen LogP contribution is 2.44. The van der Waals surface area contributed by atoms with Crippen LogP contribution in [0.4, 0.5) is 11.4 Å². The number of carbonyl (C=O) groups excluding carboxylic acids is 2. The van der Waals surface area contributed by atoms with E-state index < -0.39 is 0 Å². The number of anilines is 2. The lowest BCUT2D eigenvalue weighted by Crippen LogP contribution is -2.44. The van der Waals surface area contributed by atoms with Crippen molar-refractivity contribution in [3.8, 4) is 0 Å². The maximum absolute atomic E-state index is 12.7. The maximum atomic E-state index is 12.7. The van der Waals surface area contributed by atoms with Crippen molar-refractivity contribution in [3.05, 3.63) is 53.3 Å². The molecule has 0 radical (unpaired) electrons. The first-order chi connectivity index (χ1) is 17.7. The Bertz CT molecular complexity index is 1110. The number of amides is 2. The zero-order chi connectivity index (χ0) is 24.7. The van der Waals surface area contributed by atoms with Gasteiger partial charge in [-0.25, -0.2) is 0 Å². The molecule has 2 amide bonds. The molecule has 2 aliphatic carbocycles. The third-order valence-corrected chi connectivity index (χ3v) is 7.30. The molecule has 1 aliphatic heterocycles. The summed E-state index contributed by atoms with van der Waals surface area (Å²) in [6.07, 6.45) is 12.5. The fourth-order valence-corrected chi connectivity index (χ4v) is 5.10. The first-order valence-electron chi connectivity index (χ1n) is 13.4. The van der Waals surface area contributed by atoms with Crippen LogP contribution in [-0.2, 0) is 0 Å². The van der Waals surface area contributed by atoms with Crippen LogP contribution in [0.2, 0.25) is 0 Å². The number of aromatic nitrogens is 1. The molecule has 0 bridgehead atoms. The molecule has 2 saturated carbocycles. The van der Waals surface area contributed by atoms with Crippen molar-refractivity contribution in [1.29, 1.82) is 0 Å². The van der Waals surface area contributed by atoms with Crippen LogP contribution in [0.25, 0.3) is 0 Å². The molecule has 8 heteroatoms. The van der Waals surface area contributed by atoms with Gasteiger partial charge in [-0.2, -0.15) is 4.99 Å². The second-order valence-electron chi connectivity index (χ2n) is 10.2. The first kappa shape index (κ1) is 24.3. The summed E-state index contributed by atoms with van der Waals surface area (Å²) in [5.41, 5.74) is 3.86. The monoisotopic (exact) mass is 488 g/mol. The molecule has 190 valence electrons. The smallest absolute Gasteiger partial charge is 0.280 e. The van der Waals surface area contributed by atoms with Gasteiger partial charge in [-0.15, -0.1) is 0 Å². The summed E-state index contributed by atoms with van der Waals surface area (Å²) in [6.45, 7) is 2.34.